The molecule has 1 aromatic rings. The van der Waals surface area contributed by atoms with Crippen LogP contribution in [0.2, 0.25) is 0 Å². The second-order valence-corrected chi connectivity index (χ2v) is 7.78. The highest BCUT2D eigenvalue weighted by molar-refractivity contribution is 5.78. The van der Waals surface area contributed by atoms with Crippen LogP contribution >= 0.6 is 0 Å². The Hall–Kier alpha value is -1.44. The number of piperidine rings is 1. The molecule has 1 amide bonds. The topological polar surface area (TPSA) is 71.4 Å². The first-order valence-corrected chi connectivity index (χ1v) is 10.2. The van der Waals surface area contributed by atoms with Crippen LogP contribution < -0.4 is 10.6 Å². The number of aryl methyl sites for hydroxylation is 1. The van der Waals surface area contributed by atoms with Crippen molar-refractivity contribution in [2.24, 2.45) is 5.92 Å². The fourth-order valence-corrected chi connectivity index (χ4v) is 4.43. The summed E-state index contributed by atoms with van der Waals surface area (Å²) in [6.07, 6.45) is 5.41. The number of nitrogens with one attached hydrogen (secondary N) is 2. The quantitative estimate of drug-likeness (QED) is 0.833. The molecule has 0 bridgehead atoms. The maximum atomic E-state index is 12.7. The fourth-order valence-electron chi connectivity index (χ4n) is 4.43. The number of fused-ring (bicyclic) bond motifs is 1. The van der Waals surface area contributed by atoms with Gasteiger partial charge in [0, 0.05) is 38.9 Å². The number of rotatable bonds is 4. The SMILES string of the molecule is O=C(NCc1cc2n(n1)CCCNC2)C1CCCN(C2CCOCC2)C1. The molecule has 1 atom stereocenters. The molecule has 7 nitrogen and oxygen atoms in total. The van der Waals surface area contributed by atoms with Crippen LogP contribution in [0.25, 0.3) is 0 Å². The van der Waals surface area contributed by atoms with Gasteiger partial charge in [0.15, 0.2) is 0 Å². The minimum absolute atomic E-state index is 0.105. The van der Waals surface area contributed by atoms with Crippen molar-refractivity contribution in [2.75, 3.05) is 32.8 Å². The van der Waals surface area contributed by atoms with Crippen LogP contribution in [0.1, 0.15) is 43.5 Å². The Balaban J connectivity index is 1.29. The Morgan fingerprint density at radius 3 is 3.04 bits per heavy atom. The summed E-state index contributed by atoms with van der Waals surface area (Å²) in [4.78, 5) is 15.2. The molecule has 4 rings (SSSR count). The molecule has 3 aliphatic rings. The van der Waals surface area contributed by atoms with E-state index in [1.807, 2.05) is 0 Å². The zero-order valence-corrected chi connectivity index (χ0v) is 15.6. The predicted octanol–water partition coefficient (Wildman–Crippen LogP) is 0.884. The lowest BCUT2D eigenvalue weighted by atomic mass is 9.94. The van der Waals surface area contributed by atoms with Crippen molar-refractivity contribution >= 4 is 5.91 Å². The third kappa shape index (κ3) is 4.27. The van der Waals surface area contributed by atoms with E-state index < -0.39 is 0 Å². The fraction of sp³-hybridized carbons (Fsp3) is 0.789. The number of hydrogen-bond acceptors (Lipinski definition) is 5. The minimum Gasteiger partial charge on any atom is -0.381 e. The summed E-state index contributed by atoms with van der Waals surface area (Å²) in [5.41, 5.74) is 2.18. The summed E-state index contributed by atoms with van der Waals surface area (Å²) >= 11 is 0. The summed E-state index contributed by atoms with van der Waals surface area (Å²) in [6.45, 7) is 7.13. The van der Waals surface area contributed by atoms with Crippen molar-refractivity contribution in [2.45, 2.75) is 57.8 Å². The smallest absolute Gasteiger partial charge is 0.224 e. The number of hydrogen-bond donors (Lipinski definition) is 2. The molecule has 1 unspecified atom stereocenters. The molecule has 2 N–H and O–H groups in total. The molecule has 0 radical (unpaired) electrons. The molecule has 1 aromatic heterocycles. The van der Waals surface area contributed by atoms with Gasteiger partial charge in [-0.2, -0.15) is 5.10 Å². The molecule has 7 heteroatoms. The molecule has 0 saturated carbocycles. The van der Waals surface area contributed by atoms with Crippen LogP contribution in [-0.4, -0.2) is 59.5 Å². The van der Waals surface area contributed by atoms with E-state index in [9.17, 15) is 4.79 Å². The highest BCUT2D eigenvalue weighted by Gasteiger charge is 2.30. The summed E-state index contributed by atoms with van der Waals surface area (Å²) < 4.78 is 7.55. The van der Waals surface area contributed by atoms with E-state index in [1.165, 1.54) is 5.69 Å². The lowest BCUT2D eigenvalue weighted by Crippen LogP contribution is -2.48. The van der Waals surface area contributed by atoms with E-state index >= 15 is 0 Å². The number of nitrogens with zero attached hydrogens (tertiary/aromatic N) is 3. The van der Waals surface area contributed by atoms with Gasteiger partial charge in [-0.15, -0.1) is 0 Å². The molecule has 0 spiro atoms. The first-order chi connectivity index (χ1) is 12.8. The van der Waals surface area contributed by atoms with Crippen molar-refractivity contribution in [1.29, 1.82) is 0 Å². The van der Waals surface area contributed by atoms with Gasteiger partial charge >= 0.3 is 0 Å². The van der Waals surface area contributed by atoms with Crippen molar-refractivity contribution in [3.63, 3.8) is 0 Å². The number of carbonyl (C=O) groups excluding carboxylic acids is 1. The van der Waals surface area contributed by atoms with E-state index in [1.54, 1.807) is 0 Å². The number of carbonyl (C=O) groups is 1. The number of aromatic nitrogens is 2. The molecule has 2 saturated heterocycles. The van der Waals surface area contributed by atoms with E-state index in [0.29, 0.717) is 12.6 Å². The maximum Gasteiger partial charge on any atom is 0.224 e. The average Bonchev–Trinajstić information content (AvgIpc) is 2.96. The third-order valence-electron chi connectivity index (χ3n) is 5.92. The van der Waals surface area contributed by atoms with Crippen LogP contribution in [0.3, 0.4) is 0 Å². The second-order valence-electron chi connectivity index (χ2n) is 7.78. The number of ether oxygens (including phenoxy) is 1. The lowest BCUT2D eigenvalue weighted by Gasteiger charge is -2.39. The molecule has 144 valence electrons. The molecule has 4 heterocycles. The summed E-state index contributed by atoms with van der Waals surface area (Å²) in [6, 6.07) is 2.71. The van der Waals surface area contributed by atoms with Crippen LogP contribution in [-0.2, 0) is 29.2 Å². The van der Waals surface area contributed by atoms with Gasteiger partial charge in [-0.1, -0.05) is 0 Å². The Morgan fingerprint density at radius 2 is 2.15 bits per heavy atom. The Morgan fingerprint density at radius 1 is 1.27 bits per heavy atom. The van der Waals surface area contributed by atoms with E-state index in [-0.39, 0.29) is 11.8 Å². The molecule has 26 heavy (non-hydrogen) atoms. The largest absolute Gasteiger partial charge is 0.381 e. The van der Waals surface area contributed by atoms with Crippen molar-refractivity contribution in [3.8, 4) is 0 Å². The van der Waals surface area contributed by atoms with Crippen LogP contribution in [0.15, 0.2) is 6.07 Å². The Kier molecular flexibility index (Phi) is 5.87. The molecular formula is C19H31N5O2. The van der Waals surface area contributed by atoms with Gasteiger partial charge < -0.3 is 15.4 Å². The van der Waals surface area contributed by atoms with Gasteiger partial charge in [-0.25, -0.2) is 0 Å². The van der Waals surface area contributed by atoms with Crippen LogP contribution in [0.5, 0.6) is 0 Å². The average molecular weight is 361 g/mol. The molecular weight excluding hydrogens is 330 g/mol. The predicted molar refractivity (Wildman–Crippen MR) is 98.5 cm³/mol. The van der Waals surface area contributed by atoms with Crippen molar-refractivity contribution < 1.29 is 9.53 Å². The molecule has 2 fully saturated rings. The number of likely N-dealkylation sites (tertiary alicyclic amines) is 1. The van der Waals surface area contributed by atoms with E-state index in [0.717, 1.165) is 83.7 Å². The highest BCUT2D eigenvalue weighted by Crippen LogP contribution is 2.23. The Bertz CT molecular complexity index is 588. The lowest BCUT2D eigenvalue weighted by molar-refractivity contribution is -0.127. The first-order valence-electron chi connectivity index (χ1n) is 10.2. The number of amides is 1. The van der Waals surface area contributed by atoms with Gasteiger partial charge in [0.05, 0.1) is 23.9 Å². The summed E-state index contributed by atoms with van der Waals surface area (Å²) in [5.74, 6) is 0.289. The van der Waals surface area contributed by atoms with Gasteiger partial charge in [0.25, 0.3) is 0 Å². The second kappa shape index (κ2) is 8.50. The Labute approximate surface area is 155 Å². The summed E-state index contributed by atoms with van der Waals surface area (Å²) in [7, 11) is 0. The van der Waals surface area contributed by atoms with E-state index in [2.05, 4.69) is 31.4 Å². The molecule has 0 aliphatic carbocycles. The van der Waals surface area contributed by atoms with E-state index in [4.69, 9.17) is 4.74 Å². The van der Waals surface area contributed by atoms with Crippen LogP contribution in [0.4, 0.5) is 0 Å². The zero-order valence-electron chi connectivity index (χ0n) is 15.6. The maximum absolute atomic E-state index is 12.7. The zero-order chi connectivity index (χ0) is 17.8. The normalized spacial score (nSPS) is 25.5. The summed E-state index contributed by atoms with van der Waals surface area (Å²) in [5, 5.41) is 11.2. The van der Waals surface area contributed by atoms with Gasteiger partial charge in [0.1, 0.15) is 0 Å². The van der Waals surface area contributed by atoms with Gasteiger partial charge in [-0.05, 0) is 51.3 Å². The molecule has 0 aromatic carbocycles. The standard InChI is InChI=1S/C19H31N5O2/c25-19(15-3-1-7-23(14-15)17-4-9-26-10-5-17)21-12-16-11-18-13-20-6-2-8-24(18)22-16/h11,15,17,20H,1-10,12-14H2,(H,21,25). The van der Waals surface area contributed by atoms with Gasteiger partial charge in [-0.3, -0.25) is 14.4 Å². The van der Waals surface area contributed by atoms with Crippen molar-refractivity contribution in [1.82, 2.24) is 25.3 Å². The monoisotopic (exact) mass is 361 g/mol. The van der Waals surface area contributed by atoms with Crippen LogP contribution in [0, 0.1) is 5.92 Å². The third-order valence-corrected chi connectivity index (χ3v) is 5.92. The minimum atomic E-state index is 0.105. The molecule has 3 aliphatic heterocycles. The van der Waals surface area contributed by atoms with Crippen molar-refractivity contribution in [3.05, 3.63) is 17.5 Å². The van der Waals surface area contributed by atoms with Gasteiger partial charge in [0.2, 0.25) is 5.91 Å². The first kappa shape index (κ1) is 17.9. The highest BCUT2D eigenvalue weighted by atomic mass is 16.5.